The molecule has 0 saturated heterocycles. The fourth-order valence-corrected chi connectivity index (χ4v) is 2.47. The Bertz CT molecular complexity index is 1020. The lowest BCUT2D eigenvalue weighted by molar-refractivity contribution is -0.136. The van der Waals surface area contributed by atoms with Gasteiger partial charge in [-0.15, -0.1) is 0 Å². The van der Waals surface area contributed by atoms with E-state index in [9.17, 15) is 22.4 Å². The van der Waals surface area contributed by atoms with E-state index in [0.717, 1.165) is 12.1 Å². The number of hydrogen-bond donors (Lipinski definition) is 2. The predicted octanol–water partition coefficient (Wildman–Crippen LogP) is 4.94. The third-order valence-electron chi connectivity index (χ3n) is 3.69. The van der Waals surface area contributed by atoms with Gasteiger partial charge in [0.25, 0.3) is 5.91 Å². The summed E-state index contributed by atoms with van der Waals surface area (Å²) in [6.45, 7) is 1.51. The van der Waals surface area contributed by atoms with Gasteiger partial charge in [0, 0.05) is 6.07 Å². The van der Waals surface area contributed by atoms with Crippen molar-refractivity contribution in [3.05, 3.63) is 77.5 Å². The van der Waals surface area contributed by atoms with Gasteiger partial charge < -0.3 is 10.6 Å². The Hall–Kier alpha value is -3.49. The molecule has 0 aliphatic heterocycles. The molecule has 2 aromatic carbocycles. The summed E-state index contributed by atoms with van der Waals surface area (Å²) in [6.07, 6.45) is -4.62. The Morgan fingerprint density at radius 3 is 2.29 bits per heavy atom. The minimum Gasteiger partial charge on any atom is -0.338 e. The summed E-state index contributed by atoms with van der Waals surface area (Å²) in [5, 5.41) is 4.93. The van der Waals surface area contributed by atoms with Crippen LogP contribution in [-0.4, -0.2) is 15.9 Å². The second kappa shape index (κ2) is 7.63. The Morgan fingerprint density at radius 1 is 0.964 bits per heavy atom. The van der Waals surface area contributed by atoms with Crippen LogP contribution in [0.2, 0.25) is 0 Å². The van der Waals surface area contributed by atoms with Crippen LogP contribution in [-0.2, 0) is 6.18 Å². The van der Waals surface area contributed by atoms with Crippen molar-refractivity contribution >= 4 is 23.1 Å². The minimum atomic E-state index is -4.62. The number of alkyl halides is 3. The summed E-state index contributed by atoms with van der Waals surface area (Å²) >= 11 is 0. The molecule has 144 valence electrons. The molecule has 0 bridgehead atoms. The van der Waals surface area contributed by atoms with E-state index >= 15 is 0 Å². The van der Waals surface area contributed by atoms with Gasteiger partial charge in [0.15, 0.2) is 0 Å². The lowest BCUT2D eigenvalue weighted by Gasteiger charge is -2.14. The highest BCUT2D eigenvalue weighted by atomic mass is 19.4. The van der Waals surface area contributed by atoms with Crippen LogP contribution in [0.3, 0.4) is 0 Å². The molecule has 3 rings (SSSR count). The maximum Gasteiger partial charge on any atom is 0.418 e. The molecule has 0 unspecified atom stereocenters. The highest BCUT2D eigenvalue weighted by Gasteiger charge is 2.33. The molecule has 1 heterocycles. The number of carbonyl (C=O) groups is 1. The summed E-state index contributed by atoms with van der Waals surface area (Å²) in [7, 11) is 0. The molecule has 0 spiro atoms. The largest absolute Gasteiger partial charge is 0.418 e. The first-order valence-electron chi connectivity index (χ1n) is 8.09. The molecule has 0 aliphatic carbocycles. The molecule has 0 radical (unpaired) electrons. The smallest absolute Gasteiger partial charge is 0.338 e. The number of amides is 1. The van der Waals surface area contributed by atoms with Crippen molar-refractivity contribution < 1.29 is 22.4 Å². The van der Waals surface area contributed by atoms with Crippen LogP contribution < -0.4 is 10.6 Å². The number of benzene rings is 2. The molecule has 0 fully saturated rings. The van der Waals surface area contributed by atoms with E-state index in [1.807, 2.05) is 0 Å². The molecule has 9 heteroatoms. The standard InChI is InChI=1S/C19H14F4N4O/c1-11-24-16(10-17(25-11)26-15-9-5-3-7-13(15)20)18(28)27-14-8-4-2-6-12(14)19(21,22)23/h2-10H,1H3,(H,27,28)(H,24,25,26). The highest BCUT2D eigenvalue weighted by molar-refractivity contribution is 6.03. The molecule has 0 atom stereocenters. The quantitative estimate of drug-likeness (QED) is 0.620. The lowest BCUT2D eigenvalue weighted by atomic mass is 10.1. The second-order valence-electron chi connectivity index (χ2n) is 5.79. The molecule has 0 saturated carbocycles. The first kappa shape index (κ1) is 19.3. The molecule has 28 heavy (non-hydrogen) atoms. The van der Waals surface area contributed by atoms with Crippen LogP contribution in [0.15, 0.2) is 54.6 Å². The fraction of sp³-hybridized carbons (Fsp3) is 0.105. The van der Waals surface area contributed by atoms with Crippen LogP contribution in [0.1, 0.15) is 21.9 Å². The number of anilines is 3. The Kier molecular flexibility index (Phi) is 5.25. The molecular formula is C19H14F4N4O. The van der Waals surface area contributed by atoms with Crippen molar-refractivity contribution in [2.75, 3.05) is 10.6 Å². The van der Waals surface area contributed by atoms with Crippen molar-refractivity contribution in [3.8, 4) is 0 Å². The SMILES string of the molecule is Cc1nc(Nc2ccccc2F)cc(C(=O)Nc2ccccc2C(F)(F)F)n1. The van der Waals surface area contributed by atoms with E-state index in [0.29, 0.717) is 0 Å². The molecule has 3 aromatic rings. The van der Waals surface area contributed by atoms with Gasteiger partial charge >= 0.3 is 6.18 Å². The molecular weight excluding hydrogens is 376 g/mol. The zero-order chi connectivity index (χ0) is 20.3. The number of nitrogens with zero attached hydrogens (tertiary/aromatic N) is 2. The first-order chi connectivity index (χ1) is 13.2. The van der Waals surface area contributed by atoms with E-state index in [2.05, 4.69) is 20.6 Å². The van der Waals surface area contributed by atoms with Crippen molar-refractivity contribution in [1.82, 2.24) is 9.97 Å². The van der Waals surface area contributed by atoms with Crippen LogP contribution in [0.25, 0.3) is 0 Å². The van der Waals surface area contributed by atoms with Gasteiger partial charge in [-0.25, -0.2) is 14.4 Å². The zero-order valence-electron chi connectivity index (χ0n) is 14.5. The average Bonchev–Trinajstić information content (AvgIpc) is 2.63. The van der Waals surface area contributed by atoms with Crippen molar-refractivity contribution in [2.45, 2.75) is 13.1 Å². The van der Waals surface area contributed by atoms with E-state index in [1.165, 1.54) is 43.3 Å². The van der Waals surface area contributed by atoms with Gasteiger partial charge in [-0.05, 0) is 31.2 Å². The second-order valence-corrected chi connectivity index (χ2v) is 5.79. The van der Waals surface area contributed by atoms with Gasteiger partial charge in [0.05, 0.1) is 16.9 Å². The van der Waals surface area contributed by atoms with Crippen LogP contribution in [0.4, 0.5) is 34.8 Å². The minimum absolute atomic E-state index is 0.131. The zero-order valence-corrected chi connectivity index (χ0v) is 14.5. The molecule has 2 N–H and O–H groups in total. The van der Waals surface area contributed by atoms with Crippen LogP contribution >= 0.6 is 0 Å². The fourth-order valence-electron chi connectivity index (χ4n) is 2.47. The van der Waals surface area contributed by atoms with Gasteiger partial charge in [0.2, 0.25) is 0 Å². The van der Waals surface area contributed by atoms with E-state index in [1.54, 1.807) is 6.07 Å². The maximum absolute atomic E-state index is 13.8. The molecule has 5 nitrogen and oxygen atoms in total. The summed E-state index contributed by atoms with van der Waals surface area (Å²) in [5.41, 5.74) is -1.39. The number of nitrogens with one attached hydrogen (secondary N) is 2. The monoisotopic (exact) mass is 390 g/mol. The van der Waals surface area contributed by atoms with E-state index < -0.39 is 23.5 Å². The number of aryl methyl sites for hydroxylation is 1. The third-order valence-corrected chi connectivity index (χ3v) is 3.69. The average molecular weight is 390 g/mol. The Labute approximate surface area is 157 Å². The Balaban J connectivity index is 1.87. The summed E-state index contributed by atoms with van der Waals surface area (Å²) in [4.78, 5) is 20.5. The number of aromatic nitrogens is 2. The topological polar surface area (TPSA) is 66.9 Å². The first-order valence-corrected chi connectivity index (χ1v) is 8.09. The summed E-state index contributed by atoms with van der Waals surface area (Å²) < 4.78 is 53.0. The van der Waals surface area contributed by atoms with E-state index in [4.69, 9.17) is 0 Å². The number of carbonyl (C=O) groups excluding carboxylic acids is 1. The molecule has 1 amide bonds. The van der Waals surface area contributed by atoms with Crippen molar-refractivity contribution in [3.63, 3.8) is 0 Å². The van der Waals surface area contributed by atoms with Gasteiger partial charge in [0.1, 0.15) is 23.2 Å². The highest BCUT2D eigenvalue weighted by Crippen LogP contribution is 2.34. The van der Waals surface area contributed by atoms with Crippen LogP contribution in [0, 0.1) is 12.7 Å². The van der Waals surface area contributed by atoms with E-state index in [-0.39, 0.29) is 28.7 Å². The predicted molar refractivity (Wildman–Crippen MR) is 95.8 cm³/mol. The van der Waals surface area contributed by atoms with Crippen LogP contribution in [0.5, 0.6) is 0 Å². The lowest BCUT2D eigenvalue weighted by Crippen LogP contribution is -2.18. The number of para-hydroxylation sites is 2. The van der Waals surface area contributed by atoms with Crippen molar-refractivity contribution in [1.29, 1.82) is 0 Å². The number of hydrogen-bond acceptors (Lipinski definition) is 4. The molecule has 1 aromatic heterocycles. The van der Waals surface area contributed by atoms with Gasteiger partial charge in [-0.2, -0.15) is 13.2 Å². The van der Waals surface area contributed by atoms with Gasteiger partial charge in [-0.1, -0.05) is 24.3 Å². The summed E-state index contributed by atoms with van der Waals surface area (Å²) in [5.74, 6) is -1.05. The van der Waals surface area contributed by atoms with Crippen molar-refractivity contribution in [2.24, 2.45) is 0 Å². The number of rotatable bonds is 4. The number of halogens is 4. The van der Waals surface area contributed by atoms with Gasteiger partial charge in [-0.3, -0.25) is 4.79 Å². The third kappa shape index (κ3) is 4.43. The maximum atomic E-state index is 13.8. The summed E-state index contributed by atoms with van der Waals surface area (Å²) in [6, 6.07) is 11.7. The normalized spacial score (nSPS) is 11.2. The molecule has 0 aliphatic rings. The Morgan fingerprint density at radius 2 is 1.61 bits per heavy atom.